The quantitative estimate of drug-likeness (QED) is 0.0359. The molecule has 1 unspecified atom stereocenters. The Morgan fingerprint density at radius 3 is 1.84 bits per heavy atom. The Morgan fingerprint density at radius 1 is 0.708 bits per heavy atom. The number of imidazole rings is 1. The van der Waals surface area contributed by atoms with Crippen LogP contribution in [0.2, 0.25) is 36.3 Å². The molecule has 7 aromatic rings. The number of amides is 2. The zero-order valence-corrected chi connectivity index (χ0v) is 62.3. The molecule has 8 atom stereocenters. The molecule has 0 bridgehead atoms. The van der Waals surface area contributed by atoms with Crippen LogP contribution in [-0.2, 0) is 35.0 Å². The summed E-state index contributed by atoms with van der Waals surface area (Å²) in [6.07, 6.45) is 4.68. The van der Waals surface area contributed by atoms with Crippen molar-refractivity contribution in [3.63, 3.8) is 0 Å². The van der Waals surface area contributed by atoms with E-state index in [9.17, 15) is 14.4 Å². The number of carbonyl (C=O) groups is 2. The fraction of sp³-hybridized carbons (Fsp3) is 0.533. The Kier molecular flexibility index (Phi) is 22.5. The fourth-order valence-corrected chi connectivity index (χ4v) is 15.1. The van der Waals surface area contributed by atoms with Gasteiger partial charge in [-0.1, -0.05) is 167 Å². The summed E-state index contributed by atoms with van der Waals surface area (Å²) in [4.78, 5) is 64.1. The number of methoxy groups -OCH3 is 1. The third kappa shape index (κ3) is 16.9. The summed E-state index contributed by atoms with van der Waals surface area (Å²) in [5.41, 5.74) is 2.46. The molecule has 19 nitrogen and oxygen atoms in total. The highest BCUT2D eigenvalue weighted by Gasteiger charge is 2.55. The van der Waals surface area contributed by atoms with E-state index in [0.717, 1.165) is 28.7 Å². The van der Waals surface area contributed by atoms with Crippen molar-refractivity contribution in [1.82, 2.24) is 39.3 Å². The topological polar surface area (TPSA) is 207 Å². The van der Waals surface area contributed by atoms with Gasteiger partial charge < -0.3 is 48.6 Å². The van der Waals surface area contributed by atoms with Gasteiger partial charge in [0.05, 0.1) is 19.5 Å². The standard InChI is InChI=1S/C75H106N10O9Si2/c1-20-57-50(2)45-60(90-57)84-46-52(64(81-69(84)87)82-75(53-34-26-22-27-35-53,54-36-28-23-29-37-54)55-38-40-56(89-15)41-39-55)33-30-43-83(44-42-59(71(3,4)5)79-70(88)92-72(6,7)8)47-58-62(93-95(16,17)73(9,10)11)63(94-96(18,19)74(12,13)14)68(91-58)85-49-78-61-65(76-48-77-66(61)85)80-67(86)51-31-24-21-25-32-51/h21-29,31-32,34-41,46,48-50,57-60,62-63,68H,20,30,33,42-45,47H2,1-19H3,(H,79,88)(H,81,82,87)(H,76,77,80,86)/t50-,57+,58+,59-,60?,62+,63+,68+/m0/s1. The number of rotatable bonds is 25. The minimum absolute atomic E-state index is 0.00287. The normalized spacial score (nSPS) is 20.1. The molecule has 3 aromatic heterocycles. The lowest BCUT2D eigenvalue weighted by Gasteiger charge is -2.44. The van der Waals surface area contributed by atoms with Crippen LogP contribution in [0.15, 0.2) is 139 Å². The molecule has 2 aliphatic rings. The first-order chi connectivity index (χ1) is 45.1. The zero-order chi connectivity index (χ0) is 69.8. The highest BCUT2D eigenvalue weighted by molar-refractivity contribution is 6.74. The summed E-state index contributed by atoms with van der Waals surface area (Å²) in [7, 11) is -3.62. The van der Waals surface area contributed by atoms with Gasteiger partial charge in [-0.15, -0.1) is 0 Å². The Labute approximate surface area is 571 Å². The maximum absolute atomic E-state index is 14.9. The smallest absolute Gasteiger partial charge is 0.407 e. The molecule has 0 saturated carbocycles. The van der Waals surface area contributed by atoms with Crippen LogP contribution in [0.3, 0.4) is 0 Å². The summed E-state index contributed by atoms with van der Waals surface area (Å²) in [6.45, 7) is 40.3. The average molecular weight is 1350 g/mol. The average Bonchev–Trinajstić information content (AvgIpc) is 1.20. The van der Waals surface area contributed by atoms with Gasteiger partial charge in [0.1, 0.15) is 53.6 Å². The lowest BCUT2D eigenvalue weighted by atomic mass is 9.77. The number of carbonyl (C=O) groups excluding carboxylic acids is 2. The van der Waals surface area contributed by atoms with Gasteiger partial charge in [-0.2, -0.15) is 4.98 Å². The molecular weight excluding hydrogens is 1240 g/mol. The third-order valence-electron chi connectivity index (χ3n) is 20.0. The van der Waals surface area contributed by atoms with E-state index in [1.807, 2.05) is 98.3 Å². The van der Waals surface area contributed by atoms with E-state index < -0.39 is 70.3 Å². The summed E-state index contributed by atoms with van der Waals surface area (Å²) < 4.78 is 45.0. The van der Waals surface area contributed by atoms with E-state index in [1.165, 1.54) is 6.33 Å². The molecule has 96 heavy (non-hydrogen) atoms. The minimum Gasteiger partial charge on any atom is -0.497 e. The van der Waals surface area contributed by atoms with Crippen LogP contribution >= 0.6 is 0 Å². The van der Waals surface area contributed by atoms with Crippen molar-refractivity contribution < 1.29 is 37.4 Å². The summed E-state index contributed by atoms with van der Waals surface area (Å²) >= 11 is 0. The number of nitrogens with zero attached hydrogens (tertiary/aromatic N) is 7. The first kappa shape index (κ1) is 73.1. The van der Waals surface area contributed by atoms with Crippen LogP contribution in [0.25, 0.3) is 11.2 Å². The van der Waals surface area contributed by atoms with Crippen molar-refractivity contribution in [3.8, 4) is 5.75 Å². The maximum atomic E-state index is 14.9. The van der Waals surface area contributed by atoms with Gasteiger partial charge >= 0.3 is 11.8 Å². The largest absolute Gasteiger partial charge is 0.497 e. The molecule has 518 valence electrons. The van der Waals surface area contributed by atoms with E-state index >= 15 is 0 Å². The summed E-state index contributed by atoms with van der Waals surface area (Å²) in [5.74, 6) is 1.34. The highest BCUT2D eigenvalue weighted by Crippen LogP contribution is 2.48. The van der Waals surface area contributed by atoms with E-state index in [4.69, 9.17) is 42.8 Å². The molecule has 2 fully saturated rings. The Hall–Kier alpha value is -7.12. The number of alkyl carbamates (subject to hydrolysis) is 1. The Morgan fingerprint density at radius 2 is 1.29 bits per heavy atom. The number of anilines is 2. The summed E-state index contributed by atoms with van der Waals surface area (Å²) in [6, 6.07) is 37.3. The summed E-state index contributed by atoms with van der Waals surface area (Å²) in [5, 5.41) is 9.85. The number of hydrogen-bond donors (Lipinski definition) is 3. The number of aromatic nitrogens is 6. The second kappa shape index (κ2) is 29.5. The van der Waals surface area contributed by atoms with Crippen LogP contribution in [0.5, 0.6) is 5.75 Å². The molecule has 4 aromatic carbocycles. The van der Waals surface area contributed by atoms with Crippen molar-refractivity contribution >= 4 is 51.4 Å². The van der Waals surface area contributed by atoms with E-state index in [-0.39, 0.29) is 45.3 Å². The third-order valence-corrected chi connectivity index (χ3v) is 29.0. The van der Waals surface area contributed by atoms with Gasteiger partial charge in [-0.3, -0.25) is 13.9 Å². The van der Waals surface area contributed by atoms with Crippen molar-refractivity contribution in [2.75, 3.05) is 37.4 Å². The van der Waals surface area contributed by atoms with Crippen molar-refractivity contribution in [2.45, 2.75) is 219 Å². The number of fused-ring (bicyclic) bond motifs is 1. The van der Waals surface area contributed by atoms with E-state index in [1.54, 1.807) is 30.1 Å². The van der Waals surface area contributed by atoms with Crippen LogP contribution in [0.4, 0.5) is 16.4 Å². The van der Waals surface area contributed by atoms with E-state index in [0.29, 0.717) is 73.6 Å². The molecule has 2 amide bonds. The number of ether oxygens (including phenoxy) is 4. The SMILES string of the molecule is CC[C@H]1OC(n2cc(CCCN(CC[C@H](NC(=O)OC(C)(C)C)C(C)(C)C)C[C@H]3O[C@@H](n4cnc5c(NC(=O)c6ccccc6)ncnc54)[C@H](O[Si](C)(C)C(C)(C)C)[C@@H]3O[Si](C)(C)C(C)(C)C)c(NC(c3ccccc3)(c3ccccc3)c3ccc(OC)cc3)nc2=O)C[C@@H]1C. The van der Waals surface area contributed by atoms with Crippen molar-refractivity contribution in [2.24, 2.45) is 11.3 Å². The number of nitrogens with one attached hydrogen (secondary N) is 3. The highest BCUT2D eigenvalue weighted by atomic mass is 28.4. The molecular formula is C75H106N10O9Si2. The molecule has 2 aliphatic heterocycles. The lowest BCUT2D eigenvalue weighted by Crippen LogP contribution is -2.55. The number of benzene rings is 4. The van der Waals surface area contributed by atoms with Gasteiger partial charge in [0, 0.05) is 36.5 Å². The lowest BCUT2D eigenvalue weighted by molar-refractivity contribution is -0.0424. The first-order valence-electron chi connectivity index (χ1n) is 34.2. The zero-order valence-electron chi connectivity index (χ0n) is 60.3. The predicted octanol–water partition coefficient (Wildman–Crippen LogP) is 15.3. The van der Waals surface area contributed by atoms with Gasteiger partial charge in [0.25, 0.3) is 5.91 Å². The van der Waals surface area contributed by atoms with Gasteiger partial charge in [-0.05, 0) is 148 Å². The van der Waals surface area contributed by atoms with Gasteiger partial charge in [-0.25, -0.2) is 24.5 Å². The monoisotopic (exact) mass is 1350 g/mol. The molecule has 0 spiro atoms. The maximum Gasteiger partial charge on any atom is 0.407 e. The van der Waals surface area contributed by atoms with Gasteiger partial charge in [0.15, 0.2) is 39.8 Å². The molecule has 5 heterocycles. The van der Waals surface area contributed by atoms with Crippen molar-refractivity contribution in [1.29, 1.82) is 0 Å². The Bertz CT molecular complexity index is 3750. The molecule has 9 rings (SSSR count). The fourth-order valence-electron chi connectivity index (χ4n) is 12.5. The second-order valence-electron chi connectivity index (χ2n) is 31.3. The predicted molar refractivity (Wildman–Crippen MR) is 386 cm³/mol. The van der Waals surface area contributed by atoms with Crippen LogP contribution in [0.1, 0.15) is 168 Å². The molecule has 2 saturated heterocycles. The molecule has 0 aliphatic carbocycles. The molecule has 3 N–H and O–H groups in total. The van der Waals surface area contributed by atoms with Gasteiger partial charge in [0.2, 0.25) is 0 Å². The minimum atomic E-state index is -2.64. The Balaban J connectivity index is 1.16. The van der Waals surface area contributed by atoms with Crippen LogP contribution in [-0.4, -0.2) is 125 Å². The second-order valence-corrected chi connectivity index (χ2v) is 40.8. The molecule has 0 radical (unpaired) electrons. The number of hydrogen-bond acceptors (Lipinski definition) is 15. The van der Waals surface area contributed by atoms with Crippen LogP contribution in [0, 0.1) is 11.3 Å². The van der Waals surface area contributed by atoms with E-state index in [2.05, 4.69) is 165 Å². The number of aryl methyl sites for hydroxylation is 1. The van der Waals surface area contributed by atoms with Crippen LogP contribution < -0.4 is 26.4 Å². The molecule has 21 heteroatoms. The van der Waals surface area contributed by atoms with Crippen molar-refractivity contribution in [3.05, 3.63) is 172 Å². The first-order valence-corrected chi connectivity index (χ1v) is 40.0.